The molecule has 6 N–H and O–H groups in total. The van der Waals surface area contributed by atoms with E-state index in [1.807, 2.05) is 13.8 Å². The Bertz CT molecular complexity index is 1370. The van der Waals surface area contributed by atoms with Crippen molar-refractivity contribution >= 4 is 41.9 Å². The summed E-state index contributed by atoms with van der Waals surface area (Å²) >= 11 is 0. The number of fused-ring (bicyclic) bond motifs is 2. The summed E-state index contributed by atoms with van der Waals surface area (Å²) in [5, 5.41) is 5.54. The van der Waals surface area contributed by atoms with Crippen molar-refractivity contribution in [3.8, 4) is 0 Å². The lowest BCUT2D eigenvalue weighted by atomic mass is 9.85. The third-order valence-corrected chi connectivity index (χ3v) is 7.80. The largest absolute Gasteiger partial charge is 0.459 e. The maximum atomic E-state index is 13.7. The number of methoxy groups -OCH3 is 2. The molecular formula is C34H49ClN4O9. The molecule has 1 heterocycles. The predicted octanol–water partition coefficient (Wildman–Crippen LogP) is 2.86. The Morgan fingerprint density at radius 3 is 2.40 bits per heavy atom. The summed E-state index contributed by atoms with van der Waals surface area (Å²) in [7, 11) is 2.91. The minimum atomic E-state index is -1.03. The first-order valence-electron chi connectivity index (χ1n) is 15.4. The van der Waals surface area contributed by atoms with Crippen molar-refractivity contribution in [2.45, 2.75) is 71.4 Å². The zero-order valence-electron chi connectivity index (χ0n) is 28.4. The number of hydrogen-bond acceptors (Lipinski definition) is 11. The number of rotatable bonds is 9. The normalized spacial score (nSPS) is 28.7. The van der Waals surface area contributed by atoms with Crippen LogP contribution < -0.4 is 22.1 Å². The van der Waals surface area contributed by atoms with Crippen LogP contribution in [0.25, 0.3) is 0 Å². The molecule has 266 valence electrons. The van der Waals surface area contributed by atoms with Gasteiger partial charge in [0.25, 0.3) is 5.91 Å². The molecule has 1 aliphatic heterocycles. The fourth-order valence-corrected chi connectivity index (χ4v) is 5.45. The van der Waals surface area contributed by atoms with Crippen molar-refractivity contribution in [3.63, 3.8) is 0 Å². The number of nitrogens with two attached hydrogens (primary N) is 2. The van der Waals surface area contributed by atoms with Crippen molar-refractivity contribution in [1.29, 1.82) is 0 Å². The van der Waals surface area contributed by atoms with Gasteiger partial charge in [0.15, 0.2) is 6.10 Å². The van der Waals surface area contributed by atoms with Crippen LogP contribution in [0.2, 0.25) is 0 Å². The van der Waals surface area contributed by atoms with Crippen molar-refractivity contribution in [2.24, 2.45) is 23.3 Å². The van der Waals surface area contributed by atoms with Crippen LogP contribution in [0.15, 0.2) is 71.1 Å². The van der Waals surface area contributed by atoms with E-state index in [1.54, 1.807) is 25.2 Å². The summed E-state index contributed by atoms with van der Waals surface area (Å²) in [5.41, 5.74) is 12.0. The van der Waals surface area contributed by atoms with Crippen LogP contribution in [0.5, 0.6) is 0 Å². The average Bonchev–Trinajstić information content (AvgIpc) is 3.01. The monoisotopic (exact) mass is 692 g/mol. The van der Waals surface area contributed by atoms with Gasteiger partial charge in [-0.15, -0.1) is 19.0 Å². The Hall–Kier alpha value is -4.04. The lowest BCUT2D eigenvalue weighted by Crippen LogP contribution is -2.40. The molecule has 0 saturated carbocycles. The van der Waals surface area contributed by atoms with Crippen LogP contribution in [0.1, 0.15) is 47.0 Å². The van der Waals surface area contributed by atoms with E-state index < -0.39 is 59.9 Å². The average molecular weight is 693 g/mol. The van der Waals surface area contributed by atoms with Crippen LogP contribution in [0.4, 0.5) is 4.79 Å². The number of nitrogens with one attached hydrogen (secondary N) is 2. The summed E-state index contributed by atoms with van der Waals surface area (Å²) in [4.78, 5) is 64.6. The van der Waals surface area contributed by atoms with E-state index in [-0.39, 0.29) is 66.8 Å². The van der Waals surface area contributed by atoms with Gasteiger partial charge in [0.05, 0.1) is 23.9 Å². The topological polar surface area (TPSA) is 198 Å². The number of ketones is 2. The minimum absolute atomic E-state index is 0. The second kappa shape index (κ2) is 20.4. The molecule has 0 saturated heterocycles. The van der Waals surface area contributed by atoms with Crippen LogP contribution >= 0.6 is 12.4 Å². The fraction of sp³-hybridized carbons (Fsp3) is 0.500. The Kier molecular flexibility index (Phi) is 17.8. The van der Waals surface area contributed by atoms with Crippen LogP contribution in [0, 0.1) is 11.8 Å². The molecule has 14 heteroatoms. The lowest BCUT2D eigenvalue weighted by Gasteiger charge is -2.32. The molecule has 2 aliphatic rings. The molecule has 2 bridgehead atoms. The first-order valence-corrected chi connectivity index (χ1v) is 15.4. The molecule has 0 radical (unpaired) electrons. The predicted molar refractivity (Wildman–Crippen MR) is 183 cm³/mol. The molecule has 0 aromatic heterocycles. The first-order chi connectivity index (χ1) is 22.3. The second-order valence-electron chi connectivity index (χ2n) is 11.6. The highest BCUT2D eigenvalue weighted by molar-refractivity contribution is 6.23. The van der Waals surface area contributed by atoms with E-state index >= 15 is 0 Å². The summed E-state index contributed by atoms with van der Waals surface area (Å²) in [6.07, 6.45) is 5.17. The standard InChI is InChI=1S/C34H48N4O9.ClH/c1-8-14-37-29-23-15-19(2)16-27(45-7)32(46-28(40)12-13-35)22(5)17-21(4)31(47-34(36)43)26(44-6)11-9-10-20(3)33(42)38-24(30(23)41)18-25(29)39;/h8-11,17-19,22,26-27,31-32,37H,1,12-16,35H2,2-7H3,(H2,36,43)(H,38,42);1H/b11-9-,20-10+,21-17+;/t19-,22-,26+,27-,31-,32-;/m1./s1. The number of ether oxygens (including phenoxy) is 4. The van der Waals surface area contributed by atoms with E-state index in [1.165, 1.54) is 33.3 Å². The highest BCUT2D eigenvalue weighted by atomic mass is 35.5. The molecule has 0 fully saturated rings. The molecule has 2 amide bonds. The number of amides is 2. The lowest BCUT2D eigenvalue weighted by molar-refractivity contribution is -0.160. The maximum absolute atomic E-state index is 13.7. The van der Waals surface area contributed by atoms with Gasteiger partial charge in [-0.05, 0) is 38.2 Å². The van der Waals surface area contributed by atoms with E-state index in [9.17, 15) is 24.0 Å². The molecule has 0 spiro atoms. The molecule has 2 rings (SSSR count). The summed E-state index contributed by atoms with van der Waals surface area (Å²) in [6.45, 7) is 11.0. The highest BCUT2D eigenvalue weighted by Gasteiger charge is 2.35. The Labute approximate surface area is 288 Å². The Morgan fingerprint density at radius 1 is 1.12 bits per heavy atom. The van der Waals surface area contributed by atoms with Gasteiger partial charge < -0.3 is 41.0 Å². The molecule has 0 unspecified atom stereocenters. The smallest absolute Gasteiger partial charge is 0.405 e. The van der Waals surface area contributed by atoms with Crippen molar-refractivity contribution < 1.29 is 42.9 Å². The number of hydrogen-bond donors (Lipinski definition) is 4. The Morgan fingerprint density at radius 2 is 1.81 bits per heavy atom. The van der Waals surface area contributed by atoms with E-state index in [0.717, 1.165) is 6.08 Å². The molecule has 13 nitrogen and oxygen atoms in total. The number of carbonyl (C=O) groups is 5. The molecular weight excluding hydrogens is 644 g/mol. The van der Waals surface area contributed by atoms with E-state index in [0.29, 0.717) is 12.0 Å². The number of Topliss-reactive ketones (excluding diaryl/α,β-unsaturated/α-hetero) is 1. The number of halogens is 1. The van der Waals surface area contributed by atoms with Crippen LogP contribution in [-0.4, -0.2) is 81.3 Å². The third kappa shape index (κ3) is 11.9. The quantitative estimate of drug-likeness (QED) is 0.157. The molecule has 6 atom stereocenters. The molecule has 48 heavy (non-hydrogen) atoms. The number of carbonyl (C=O) groups excluding carboxylic acids is 5. The summed E-state index contributed by atoms with van der Waals surface area (Å²) < 4.78 is 22.8. The fourth-order valence-electron chi connectivity index (χ4n) is 5.45. The minimum Gasteiger partial charge on any atom is -0.459 e. The zero-order valence-corrected chi connectivity index (χ0v) is 29.2. The van der Waals surface area contributed by atoms with E-state index in [4.69, 9.17) is 30.4 Å². The van der Waals surface area contributed by atoms with Gasteiger partial charge in [0.1, 0.15) is 12.2 Å². The van der Waals surface area contributed by atoms with Crippen molar-refractivity contribution in [1.82, 2.24) is 10.6 Å². The van der Waals surface area contributed by atoms with Crippen LogP contribution in [0.3, 0.4) is 0 Å². The molecule has 0 aromatic rings. The van der Waals surface area contributed by atoms with Gasteiger partial charge in [-0.1, -0.05) is 44.2 Å². The zero-order chi connectivity index (χ0) is 35.3. The van der Waals surface area contributed by atoms with Crippen LogP contribution in [-0.2, 0) is 38.1 Å². The number of allylic oxidation sites excluding steroid dienone is 4. The van der Waals surface area contributed by atoms with Gasteiger partial charge in [-0.2, -0.15) is 0 Å². The Balaban J connectivity index is 0.0000115. The van der Waals surface area contributed by atoms with Gasteiger partial charge in [-0.3, -0.25) is 19.2 Å². The van der Waals surface area contributed by atoms with E-state index in [2.05, 4.69) is 17.2 Å². The number of primary amides is 1. The second-order valence-corrected chi connectivity index (χ2v) is 11.6. The van der Waals surface area contributed by atoms with Crippen molar-refractivity contribution in [2.75, 3.05) is 27.3 Å². The van der Waals surface area contributed by atoms with Gasteiger partial charge >= 0.3 is 12.1 Å². The van der Waals surface area contributed by atoms with Gasteiger partial charge in [0, 0.05) is 50.4 Å². The molecule has 0 aromatic carbocycles. The first kappa shape index (κ1) is 42.0. The maximum Gasteiger partial charge on any atom is 0.405 e. The summed E-state index contributed by atoms with van der Waals surface area (Å²) in [6, 6.07) is 0. The molecule has 1 aliphatic carbocycles. The van der Waals surface area contributed by atoms with Gasteiger partial charge in [-0.25, -0.2) is 4.79 Å². The van der Waals surface area contributed by atoms with Crippen molar-refractivity contribution in [3.05, 3.63) is 71.1 Å². The number of esters is 1. The SMILES string of the molecule is C=CCNC1=C2C[C@@H](C)C[C@@H](OC)[C@H](OC(=O)CCN)[C@H](C)/C=C(\C)[C@@H](OC(N)=O)[C@@H](OC)/C=C\C=C(/C)C(=O)NC(=CC1=O)C2=O.Cl. The highest BCUT2D eigenvalue weighted by Crippen LogP contribution is 2.30. The third-order valence-electron chi connectivity index (χ3n) is 7.80. The summed E-state index contributed by atoms with van der Waals surface area (Å²) in [5.74, 6) is -2.84. The van der Waals surface area contributed by atoms with Gasteiger partial charge in [0.2, 0.25) is 11.6 Å².